The van der Waals surface area contributed by atoms with E-state index in [1.54, 1.807) is 0 Å². The van der Waals surface area contributed by atoms with E-state index in [0.29, 0.717) is 16.2 Å². The van der Waals surface area contributed by atoms with Crippen molar-refractivity contribution in [3.8, 4) is 0 Å². The van der Waals surface area contributed by atoms with Gasteiger partial charge >= 0.3 is 6.18 Å². The largest absolute Gasteiger partial charge is 0.443 e. The number of alkyl halides is 3. The Morgan fingerprint density at radius 3 is 2.48 bits per heavy atom. The third kappa shape index (κ3) is 3.23. The lowest BCUT2D eigenvalue weighted by Crippen LogP contribution is -2.54. The van der Waals surface area contributed by atoms with E-state index < -0.39 is 11.2 Å². The quantitative estimate of drug-likeness (QED) is 0.646. The standard InChI is InChI=1S/C13H21F3N4S/c1-3-12(2,20-6-4-5-7-20)10(19-17)9-8-18-11(21-9)13(14,15)16/h8,10,19H,3-7,17H2,1-2H3. The molecule has 2 rings (SSSR count). The van der Waals surface area contributed by atoms with E-state index in [1.165, 1.54) is 6.20 Å². The van der Waals surface area contributed by atoms with Gasteiger partial charge in [-0.25, -0.2) is 4.98 Å². The maximum atomic E-state index is 12.7. The maximum Gasteiger partial charge on any atom is 0.443 e. The number of hydrazine groups is 1. The summed E-state index contributed by atoms with van der Waals surface area (Å²) in [5.74, 6) is 5.67. The summed E-state index contributed by atoms with van der Waals surface area (Å²) in [7, 11) is 0. The van der Waals surface area contributed by atoms with Crippen molar-refractivity contribution in [3.05, 3.63) is 16.1 Å². The predicted octanol–water partition coefficient (Wildman–Crippen LogP) is 2.93. The lowest BCUT2D eigenvalue weighted by atomic mass is 9.87. The van der Waals surface area contributed by atoms with Crippen molar-refractivity contribution >= 4 is 11.3 Å². The van der Waals surface area contributed by atoms with Crippen molar-refractivity contribution < 1.29 is 13.2 Å². The molecule has 120 valence electrons. The van der Waals surface area contributed by atoms with Gasteiger partial charge in [0.1, 0.15) is 0 Å². The van der Waals surface area contributed by atoms with E-state index in [2.05, 4.69) is 22.2 Å². The van der Waals surface area contributed by atoms with E-state index in [0.717, 1.165) is 32.4 Å². The number of nitrogens with zero attached hydrogens (tertiary/aromatic N) is 2. The Morgan fingerprint density at radius 2 is 2.05 bits per heavy atom. The van der Waals surface area contributed by atoms with Gasteiger partial charge in [0.15, 0.2) is 5.01 Å². The number of halogens is 3. The third-order valence-electron chi connectivity index (χ3n) is 4.38. The van der Waals surface area contributed by atoms with Crippen LogP contribution in [0.5, 0.6) is 0 Å². The minimum Gasteiger partial charge on any atom is -0.296 e. The van der Waals surface area contributed by atoms with Gasteiger partial charge in [-0.1, -0.05) is 6.92 Å². The monoisotopic (exact) mass is 322 g/mol. The number of rotatable bonds is 5. The van der Waals surface area contributed by atoms with Crippen LogP contribution in [0.1, 0.15) is 49.0 Å². The molecule has 0 spiro atoms. The summed E-state index contributed by atoms with van der Waals surface area (Å²) in [5, 5.41) is -0.822. The highest BCUT2D eigenvalue weighted by atomic mass is 32.1. The predicted molar refractivity (Wildman–Crippen MR) is 76.7 cm³/mol. The van der Waals surface area contributed by atoms with Crippen LogP contribution in [0.4, 0.5) is 13.2 Å². The van der Waals surface area contributed by atoms with Crippen LogP contribution < -0.4 is 11.3 Å². The number of thiazole rings is 1. The molecular formula is C13H21F3N4S. The Kier molecular flexibility index (Phi) is 4.92. The molecule has 2 unspecified atom stereocenters. The maximum absolute atomic E-state index is 12.7. The lowest BCUT2D eigenvalue weighted by Gasteiger charge is -2.43. The third-order valence-corrected chi connectivity index (χ3v) is 5.49. The number of aromatic nitrogens is 1. The van der Waals surface area contributed by atoms with Crippen molar-refractivity contribution in [3.63, 3.8) is 0 Å². The zero-order valence-corrected chi connectivity index (χ0v) is 13.0. The molecule has 4 nitrogen and oxygen atoms in total. The molecule has 0 bridgehead atoms. The smallest absolute Gasteiger partial charge is 0.296 e. The SMILES string of the molecule is CCC(C)(C(NN)c1cnc(C(F)(F)F)s1)N1CCCC1. The lowest BCUT2D eigenvalue weighted by molar-refractivity contribution is -0.137. The van der Waals surface area contributed by atoms with Crippen molar-refractivity contribution in [2.45, 2.75) is 50.9 Å². The number of hydrogen-bond donors (Lipinski definition) is 2. The summed E-state index contributed by atoms with van der Waals surface area (Å²) in [4.78, 5) is 6.35. The van der Waals surface area contributed by atoms with Gasteiger partial charge in [-0.15, -0.1) is 11.3 Å². The molecular weight excluding hydrogens is 301 g/mol. The first-order valence-corrected chi connectivity index (χ1v) is 7.88. The molecule has 1 saturated heterocycles. The van der Waals surface area contributed by atoms with Crippen molar-refractivity contribution in [1.82, 2.24) is 15.3 Å². The van der Waals surface area contributed by atoms with Gasteiger partial charge in [-0.05, 0) is 39.3 Å². The number of nitrogens with one attached hydrogen (secondary N) is 1. The van der Waals surface area contributed by atoms with Crippen LogP contribution >= 0.6 is 11.3 Å². The van der Waals surface area contributed by atoms with Crippen molar-refractivity contribution in [2.24, 2.45) is 5.84 Å². The summed E-state index contributed by atoms with van der Waals surface area (Å²) < 4.78 is 38.2. The second-order valence-electron chi connectivity index (χ2n) is 5.57. The zero-order valence-electron chi connectivity index (χ0n) is 12.2. The molecule has 0 saturated carbocycles. The normalized spacial score (nSPS) is 21.4. The van der Waals surface area contributed by atoms with E-state index >= 15 is 0 Å². The first kappa shape index (κ1) is 16.7. The van der Waals surface area contributed by atoms with E-state index in [4.69, 9.17) is 5.84 Å². The molecule has 0 amide bonds. The minimum absolute atomic E-state index is 0.319. The van der Waals surface area contributed by atoms with Crippen LogP contribution in [0.2, 0.25) is 0 Å². The fraction of sp³-hybridized carbons (Fsp3) is 0.769. The second kappa shape index (κ2) is 6.20. The summed E-state index contributed by atoms with van der Waals surface area (Å²) in [6.07, 6.45) is -0.0891. The fourth-order valence-electron chi connectivity index (χ4n) is 2.96. The molecule has 21 heavy (non-hydrogen) atoms. The van der Waals surface area contributed by atoms with Crippen LogP contribution in [0.15, 0.2) is 6.20 Å². The first-order chi connectivity index (χ1) is 9.82. The molecule has 3 N–H and O–H groups in total. The van der Waals surface area contributed by atoms with Crippen LogP contribution in [0.25, 0.3) is 0 Å². The average molecular weight is 322 g/mol. The molecule has 0 aromatic carbocycles. The molecule has 1 aromatic rings. The van der Waals surface area contributed by atoms with Gasteiger partial charge in [0.25, 0.3) is 0 Å². The van der Waals surface area contributed by atoms with Gasteiger partial charge in [0.2, 0.25) is 0 Å². The summed E-state index contributed by atoms with van der Waals surface area (Å²) in [6, 6.07) is -0.366. The fourth-order valence-corrected chi connectivity index (χ4v) is 3.95. The molecule has 1 fully saturated rings. The summed E-state index contributed by atoms with van der Waals surface area (Å²) >= 11 is 0.668. The van der Waals surface area contributed by atoms with Crippen LogP contribution in [0.3, 0.4) is 0 Å². The Hall–Kier alpha value is -0.700. The number of likely N-dealkylation sites (tertiary alicyclic amines) is 1. The highest BCUT2D eigenvalue weighted by Gasteiger charge is 2.42. The second-order valence-corrected chi connectivity index (χ2v) is 6.63. The van der Waals surface area contributed by atoms with Gasteiger partial charge in [-0.2, -0.15) is 13.2 Å². The van der Waals surface area contributed by atoms with Crippen LogP contribution in [0, 0.1) is 0 Å². The van der Waals surface area contributed by atoms with E-state index in [1.807, 2.05) is 6.92 Å². The molecule has 1 aliphatic heterocycles. The minimum atomic E-state index is -4.40. The molecule has 0 radical (unpaired) electrons. The Morgan fingerprint density at radius 1 is 1.43 bits per heavy atom. The first-order valence-electron chi connectivity index (χ1n) is 7.07. The topological polar surface area (TPSA) is 54.2 Å². The van der Waals surface area contributed by atoms with Gasteiger partial charge in [-0.3, -0.25) is 16.2 Å². The highest BCUT2D eigenvalue weighted by Crippen LogP contribution is 2.40. The molecule has 2 atom stereocenters. The van der Waals surface area contributed by atoms with Gasteiger partial charge < -0.3 is 0 Å². The Balaban J connectivity index is 2.30. The van der Waals surface area contributed by atoms with Gasteiger partial charge in [0, 0.05) is 16.6 Å². The summed E-state index contributed by atoms with van der Waals surface area (Å²) in [6.45, 7) is 5.99. The Bertz CT molecular complexity index is 470. The average Bonchev–Trinajstić information content (AvgIpc) is 3.09. The molecule has 2 heterocycles. The van der Waals surface area contributed by atoms with E-state index in [9.17, 15) is 13.2 Å². The molecule has 8 heteroatoms. The van der Waals surface area contributed by atoms with Crippen LogP contribution in [-0.4, -0.2) is 28.5 Å². The van der Waals surface area contributed by atoms with Gasteiger partial charge in [0.05, 0.1) is 6.04 Å². The molecule has 1 aromatic heterocycles. The van der Waals surface area contributed by atoms with Crippen LogP contribution in [-0.2, 0) is 6.18 Å². The highest BCUT2D eigenvalue weighted by molar-refractivity contribution is 7.11. The summed E-state index contributed by atoms with van der Waals surface area (Å²) in [5.41, 5.74) is 2.39. The zero-order chi connectivity index (χ0) is 15.7. The van der Waals surface area contributed by atoms with E-state index in [-0.39, 0.29) is 11.6 Å². The number of nitrogens with two attached hydrogens (primary N) is 1. The molecule has 0 aliphatic carbocycles. The Labute approximate surface area is 126 Å². The molecule has 1 aliphatic rings. The number of hydrogen-bond acceptors (Lipinski definition) is 5. The van der Waals surface area contributed by atoms with Crippen molar-refractivity contribution in [1.29, 1.82) is 0 Å². The van der Waals surface area contributed by atoms with Crippen molar-refractivity contribution in [2.75, 3.05) is 13.1 Å².